The number of nitrogens with one attached hydrogen (secondary N) is 2. The third-order valence-electron chi connectivity index (χ3n) is 10.2. The third kappa shape index (κ3) is 6.21. The van der Waals surface area contributed by atoms with E-state index in [1.165, 1.54) is 36.5 Å². The summed E-state index contributed by atoms with van der Waals surface area (Å²) >= 11 is 8.53. The molecule has 1 amide bonds. The zero-order valence-corrected chi connectivity index (χ0v) is 25.6. The number of fused-ring (bicyclic) bond motifs is 2. The highest BCUT2D eigenvalue weighted by atomic mass is 35.5. The summed E-state index contributed by atoms with van der Waals surface area (Å²) in [4.78, 5) is 19.3. The van der Waals surface area contributed by atoms with Gasteiger partial charge in [-0.2, -0.15) is 5.26 Å². The highest BCUT2D eigenvalue weighted by Crippen LogP contribution is 2.50. The molecule has 2 N–H and O–H groups in total. The molecule has 4 heterocycles. The molecule has 0 radical (unpaired) electrons. The Hall–Kier alpha value is -1.64. The van der Waals surface area contributed by atoms with Gasteiger partial charge in [-0.05, 0) is 81.5 Å². The summed E-state index contributed by atoms with van der Waals surface area (Å²) in [6, 6.07) is 9.33. The number of carbonyl (C=O) groups is 1. The quantitative estimate of drug-likeness (QED) is 0.481. The van der Waals surface area contributed by atoms with Crippen LogP contribution in [0.4, 0.5) is 0 Å². The Morgan fingerprint density at radius 3 is 2.93 bits per heavy atom. The molecule has 10 heteroatoms. The minimum atomic E-state index is -0.233. The van der Waals surface area contributed by atoms with Gasteiger partial charge in [-0.25, -0.2) is 0 Å². The van der Waals surface area contributed by atoms with E-state index in [0.29, 0.717) is 44.1 Å². The van der Waals surface area contributed by atoms with Gasteiger partial charge in [0.25, 0.3) is 0 Å². The first-order valence-electron chi connectivity index (χ1n) is 15.2. The number of ether oxygens (including phenoxy) is 1. The minimum Gasteiger partial charge on any atom is -0.348 e. The Bertz CT molecular complexity index is 1180. The number of thioether (sulfide) groups is 1. The Morgan fingerprint density at radius 2 is 2.15 bits per heavy atom. The van der Waals surface area contributed by atoms with Gasteiger partial charge in [-0.1, -0.05) is 24.2 Å². The summed E-state index contributed by atoms with van der Waals surface area (Å²) in [6.07, 6.45) is 8.42. The van der Waals surface area contributed by atoms with Crippen LogP contribution in [-0.2, 0) is 21.7 Å². The van der Waals surface area contributed by atoms with Crippen molar-refractivity contribution in [3.63, 3.8) is 0 Å². The number of likely N-dealkylation sites (tertiary alicyclic amines) is 1. The summed E-state index contributed by atoms with van der Waals surface area (Å²) in [6.45, 7) is 7.57. The number of nitriles is 1. The first-order valence-corrected chi connectivity index (χ1v) is 16.5. The molecule has 8 nitrogen and oxygen atoms in total. The maximum atomic E-state index is 12.6. The molecule has 1 aliphatic carbocycles. The molecule has 6 unspecified atom stereocenters. The lowest BCUT2D eigenvalue weighted by Gasteiger charge is -2.56. The number of hydrogen-bond acceptors (Lipinski definition) is 8. The Labute approximate surface area is 253 Å². The fourth-order valence-electron chi connectivity index (χ4n) is 7.88. The van der Waals surface area contributed by atoms with Gasteiger partial charge < -0.3 is 14.5 Å². The predicted octanol–water partition coefficient (Wildman–Crippen LogP) is 3.56. The molecule has 4 aliphatic heterocycles. The summed E-state index contributed by atoms with van der Waals surface area (Å²) in [5.74, 6) is 1.37. The fourth-order valence-corrected chi connectivity index (χ4v) is 9.63. The van der Waals surface area contributed by atoms with Crippen LogP contribution in [0.25, 0.3) is 0 Å². The van der Waals surface area contributed by atoms with E-state index in [1.807, 2.05) is 11.0 Å². The molecule has 41 heavy (non-hydrogen) atoms. The van der Waals surface area contributed by atoms with E-state index in [2.05, 4.69) is 64.0 Å². The van der Waals surface area contributed by atoms with Crippen LogP contribution in [0, 0.1) is 17.2 Å². The van der Waals surface area contributed by atoms with Gasteiger partial charge in [0, 0.05) is 53.2 Å². The highest BCUT2D eigenvalue weighted by Gasteiger charge is 2.50. The zero-order valence-electron chi connectivity index (χ0n) is 24.1. The molecule has 1 spiro atoms. The number of likely N-dealkylation sites (N-methyl/N-ethyl adjacent to an activating group) is 1. The zero-order chi connectivity index (χ0) is 28.6. The van der Waals surface area contributed by atoms with Crippen molar-refractivity contribution in [2.24, 2.45) is 5.92 Å². The second-order valence-corrected chi connectivity index (χ2v) is 14.5. The van der Waals surface area contributed by atoms with Crippen LogP contribution in [0.15, 0.2) is 30.9 Å². The number of halogens is 1. The number of nitrogens with zero attached hydrogens (tertiary/aromatic N) is 4. The lowest BCUT2D eigenvalue weighted by molar-refractivity contribution is -0.135. The summed E-state index contributed by atoms with van der Waals surface area (Å²) in [5, 5.41) is 18.1. The molecule has 3 saturated heterocycles. The van der Waals surface area contributed by atoms with Gasteiger partial charge in [0.05, 0.1) is 31.3 Å². The van der Waals surface area contributed by atoms with Crippen LogP contribution < -0.4 is 10.6 Å². The van der Waals surface area contributed by atoms with Gasteiger partial charge >= 0.3 is 0 Å². The second kappa shape index (κ2) is 12.5. The summed E-state index contributed by atoms with van der Waals surface area (Å²) in [7, 11) is 2.19. The largest absolute Gasteiger partial charge is 0.348 e. The number of amides is 1. The molecular formula is C31H43ClN6O2S. The number of piperazine rings is 1. The first-order chi connectivity index (χ1) is 19.9. The topological polar surface area (TPSA) is 83.9 Å². The van der Waals surface area contributed by atoms with Gasteiger partial charge in [0.1, 0.15) is 0 Å². The molecule has 7 atom stereocenters. The fraction of sp³-hybridized carbons (Fsp3) is 0.677. The first kappa shape index (κ1) is 29.4. The van der Waals surface area contributed by atoms with Crippen LogP contribution in [0.1, 0.15) is 49.7 Å². The van der Waals surface area contributed by atoms with Gasteiger partial charge in [0.2, 0.25) is 5.91 Å². The van der Waals surface area contributed by atoms with Crippen molar-refractivity contribution in [1.82, 2.24) is 25.3 Å². The van der Waals surface area contributed by atoms with E-state index >= 15 is 0 Å². The van der Waals surface area contributed by atoms with Crippen molar-refractivity contribution >= 4 is 29.3 Å². The minimum absolute atomic E-state index is 0.0859. The SMILES string of the molecule is C=CC(=O)N1CCN(C2NC(OCC3CCCN3C)NC3C[C@]4(CCC32)Cc2cc(Cl)ccc2CS4)CC1CC#N. The maximum absolute atomic E-state index is 12.6. The number of hydrogen-bond donors (Lipinski definition) is 2. The number of benzene rings is 1. The summed E-state index contributed by atoms with van der Waals surface area (Å²) < 4.78 is 6.76. The van der Waals surface area contributed by atoms with Crippen LogP contribution >= 0.6 is 23.4 Å². The van der Waals surface area contributed by atoms with E-state index in [0.717, 1.165) is 43.1 Å². The lowest BCUT2D eigenvalue weighted by atomic mass is 9.72. The van der Waals surface area contributed by atoms with Gasteiger partial charge in [0.15, 0.2) is 6.35 Å². The summed E-state index contributed by atoms with van der Waals surface area (Å²) in [5.41, 5.74) is 2.82. The van der Waals surface area contributed by atoms with Crippen LogP contribution in [0.5, 0.6) is 0 Å². The van der Waals surface area contributed by atoms with E-state index in [9.17, 15) is 10.1 Å². The molecule has 0 bridgehead atoms. The molecule has 1 saturated carbocycles. The average molecular weight is 599 g/mol. The van der Waals surface area contributed by atoms with E-state index in [1.54, 1.807) is 0 Å². The van der Waals surface area contributed by atoms with Crippen molar-refractivity contribution < 1.29 is 9.53 Å². The van der Waals surface area contributed by atoms with Gasteiger partial charge in [-0.3, -0.25) is 20.3 Å². The highest BCUT2D eigenvalue weighted by molar-refractivity contribution is 8.00. The smallest absolute Gasteiger partial charge is 0.246 e. The molecule has 222 valence electrons. The van der Waals surface area contributed by atoms with Crippen molar-refractivity contribution in [1.29, 1.82) is 5.26 Å². The molecule has 5 aliphatic rings. The number of rotatable bonds is 6. The van der Waals surface area contributed by atoms with E-state index in [-0.39, 0.29) is 29.2 Å². The lowest BCUT2D eigenvalue weighted by Crippen LogP contribution is -2.73. The molecule has 0 aromatic heterocycles. The molecule has 6 rings (SSSR count). The van der Waals surface area contributed by atoms with Crippen molar-refractivity contribution in [2.45, 2.75) is 86.1 Å². The standard InChI is InChI=1S/C31H43ClN6O2S/c1-3-28(39)38-14-13-37(18-24(38)9-11-33)29-26-8-10-31(16-22-15-23(32)7-6-21(22)20-41-31)17-27(26)34-30(35-29)40-19-25-5-4-12-36(25)2/h3,6-7,15,24-27,29-30,34-35H,1,4-5,8-10,12-14,16-20H2,2H3/t24?,25?,26?,27?,29?,30?,31-/m0/s1. The maximum Gasteiger partial charge on any atom is 0.246 e. The number of carbonyl (C=O) groups excluding carboxylic acids is 1. The monoisotopic (exact) mass is 598 g/mol. The Morgan fingerprint density at radius 1 is 1.27 bits per heavy atom. The van der Waals surface area contributed by atoms with Crippen LogP contribution in [-0.4, -0.2) is 95.8 Å². The van der Waals surface area contributed by atoms with Crippen LogP contribution in [0.3, 0.4) is 0 Å². The van der Waals surface area contributed by atoms with E-state index in [4.69, 9.17) is 16.3 Å². The van der Waals surface area contributed by atoms with Crippen LogP contribution in [0.2, 0.25) is 5.02 Å². The third-order valence-corrected chi connectivity index (χ3v) is 12.0. The molecule has 1 aromatic rings. The Kier molecular flexibility index (Phi) is 9.00. The van der Waals surface area contributed by atoms with Crippen molar-refractivity contribution in [3.05, 3.63) is 47.0 Å². The van der Waals surface area contributed by atoms with Gasteiger partial charge in [-0.15, -0.1) is 11.8 Å². The van der Waals surface area contributed by atoms with Crippen molar-refractivity contribution in [3.8, 4) is 6.07 Å². The van der Waals surface area contributed by atoms with Crippen molar-refractivity contribution in [2.75, 3.05) is 39.8 Å². The predicted molar refractivity (Wildman–Crippen MR) is 163 cm³/mol. The molecular weight excluding hydrogens is 556 g/mol. The second-order valence-electron chi connectivity index (χ2n) is 12.6. The molecule has 1 aromatic carbocycles. The molecule has 4 fully saturated rings. The van der Waals surface area contributed by atoms with E-state index < -0.39 is 0 Å². The normalized spacial score (nSPS) is 36.0. The average Bonchev–Trinajstić information content (AvgIpc) is 3.39. The Balaban J connectivity index is 1.21.